The zero-order chi connectivity index (χ0) is 15.0. The predicted octanol–water partition coefficient (Wildman–Crippen LogP) is 2.68. The van der Waals surface area contributed by atoms with Gasteiger partial charge in [0, 0.05) is 25.4 Å². The van der Waals surface area contributed by atoms with Crippen molar-refractivity contribution in [1.82, 2.24) is 15.1 Å². The summed E-state index contributed by atoms with van der Waals surface area (Å²) >= 11 is 3.67. The Hall–Kier alpha value is -0.390. The quantitative estimate of drug-likeness (QED) is 0.913. The molecule has 4 nitrogen and oxygen atoms in total. The molecule has 1 aromatic rings. The summed E-state index contributed by atoms with van der Waals surface area (Å²) in [6.07, 6.45) is 1.59. The lowest BCUT2D eigenvalue weighted by Gasteiger charge is -2.29. The van der Waals surface area contributed by atoms with Gasteiger partial charge in [0.2, 0.25) is 0 Å². The van der Waals surface area contributed by atoms with Gasteiger partial charge in [-0.25, -0.2) is 0 Å². The summed E-state index contributed by atoms with van der Waals surface area (Å²) in [6.45, 7) is 8.71. The van der Waals surface area contributed by atoms with Crippen LogP contribution in [0.5, 0.6) is 0 Å². The van der Waals surface area contributed by atoms with Crippen LogP contribution in [0.2, 0.25) is 0 Å². The Bertz CT molecular complexity index is 474. The topological polar surface area (TPSA) is 39.1 Å². The largest absolute Gasteiger partial charge is 0.375 e. The molecule has 0 spiro atoms. The Balaban J connectivity index is 2.21. The average molecular weight is 344 g/mol. The van der Waals surface area contributed by atoms with Gasteiger partial charge in [-0.1, -0.05) is 6.92 Å². The summed E-state index contributed by atoms with van der Waals surface area (Å²) in [5.74, 6) is 1.09. The second-order valence-electron chi connectivity index (χ2n) is 6.05. The highest BCUT2D eigenvalue weighted by atomic mass is 79.9. The van der Waals surface area contributed by atoms with Gasteiger partial charge in [-0.3, -0.25) is 4.68 Å². The second kappa shape index (κ2) is 6.16. The maximum Gasteiger partial charge on any atom is 0.0738 e. The van der Waals surface area contributed by atoms with E-state index >= 15 is 0 Å². The van der Waals surface area contributed by atoms with Crippen molar-refractivity contribution in [1.29, 1.82) is 0 Å². The minimum Gasteiger partial charge on any atom is -0.375 e. The number of hydrogen-bond acceptors (Lipinski definition) is 3. The smallest absolute Gasteiger partial charge is 0.0738 e. The van der Waals surface area contributed by atoms with Crippen molar-refractivity contribution in [2.75, 3.05) is 7.05 Å². The first-order valence-corrected chi connectivity index (χ1v) is 8.16. The van der Waals surface area contributed by atoms with Crippen molar-refractivity contribution in [2.45, 2.75) is 52.4 Å². The highest BCUT2D eigenvalue weighted by molar-refractivity contribution is 9.10. The Morgan fingerprint density at radius 3 is 2.40 bits per heavy atom. The Morgan fingerprint density at radius 1 is 1.35 bits per heavy atom. The van der Waals surface area contributed by atoms with Crippen LogP contribution in [0.1, 0.15) is 32.2 Å². The van der Waals surface area contributed by atoms with Crippen LogP contribution in [0.3, 0.4) is 0 Å². The lowest BCUT2D eigenvalue weighted by atomic mass is 9.81. The van der Waals surface area contributed by atoms with Gasteiger partial charge in [0.05, 0.1) is 28.1 Å². The minimum absolute atomic E-state index is 0.297. The number of likely N-dealkylation sites (N-methyl/N-ethyl adjacent to an activating group) is 1. The lowest BCUT2D eigenvalue weighted by Crippen LogP contribution is -2.42. The molecule has 0 radical (unpaired) electrons. The predicted molar refractivity (Wildman–Crippen MR) is 84.9 cm³/mol. The van der Waals surface area contributed by atoms with Crippen molar-refractivity contribution < 1.29 is 4.74 Å². The third-order valence-electron chi connectivity index (χ3n) is 4.83. The van der Waals surface area contributed by atoms with E-state index in [2.05, 4.69) is 47.1 Å². The van der Waals surface area contributed by atoms with Crippen LogP contribution in [0.25, 0.3) is 0 Å². The molecule has 1 aliphatic heterocycles. The van der Waals surface area contributed by atoms with Crippen molar-refractivity contribution in [3.8, 4) is 0 Å². The van der Waals surface area contributed by atoms with E-state index in [4.69, 9.17) is 4.74 Å². The molecule has 5 atom stereocenters. The van der Waals surface area contributed by atoms with Crippen LogP contribution in [-0.4, -0.2) is 35.1 Å². The minimum atomic E-state index is 0.297. The zero-order valence-electron chi connectivity index (χ0n) is 13.3. The Morgan fingerprint density at radius 2 is 2.00 bits per heavy atom. The zero-order valence-corrected chi connectivity index (χ0v) is 14.9. The molecule has 5 unspecified atom stereocenters. The lowest BCUT2D eigenvalue weighted by molar-refractivity contribution is 0.0478. The molecule has 0 amide bonds. The molecule has 2 rings (SSSR count). The number of nitrogens with one attached hydrogen (secondary N) is 1. The monoisotopic (exact) mass is 343 g/mol. The fourth-order valence-electron chi connectivity index (χ4n) is 3.53. The fourth-order valence-corrected chi connectivity index (χ4v) is 4.03. The molecule has 0 aromatic carbocycles. The van der Waals surface area contributed by atoms with E-state index in [1.807, 2.05) is 25.7 Å². The average Bonchev–Trinajstić information content (AvgIpc) is 2.77. The summed E-state index contributed by atoms with van der Waals surface area (Å²) < 4.78 is 9.11. The molecule has 0 bridgehead atoms. The van der Waals surface area contributed by atoms with Crippen molar-refractivity contribution in [3.05, 3.63) is 15.9 Å². The van der Waals surface area contributed by atoms with Crippen LogP contribution >= 0.6 is 15.9 Å². The molecule has 1 N–H and O–H groups in total. The Labute approximate surface area is 130 Å². The summed E-state index contributed by atoms with van der Waals surface area (Å²) in [5.41, 5.74) is 2.30. The van der Waals surface area contributed by atoms with E-state index in [0.29, 0.717) is 30.1 Å². The second-order valence-corrected chi connectivity index (χ2v) is 6.84. The fraction of sp³-hybridized carbons (Fsp3) is 0.800. The summed E-state index contributed by atoms with van der Waals surface area (Å²) in [5, 5.41) is 7.98. The molecule has 1 aromatic heterocycles. The Kier molecular flexibility index (Phi) is 4.92. The molecule has 114 valence electrons. The van der Waals surface area contributed by atoms with E-state index in [1.54, 1.807) is 0 Å². The van der Waals surface area contributed by atoms with Crippen molar-refractivity contribution in [2.24, 2.45) is 18.9 Å². The van der Waals surface area contributed by atoms with Gasteiger partial charge in [-0.05, 0) is 49.7 Å². The van der Waals surface area contributed by atoms with Gasteiger partial charge in [0.1, 0.15) is 0 Å². The summed E-state index contributed by atoms with van der Waals surface area (Å²) in [6, 6.07) is 0.399. The summed E-state index contributed by atoms with van der Waals surface area (Å²) in [7, 11) is 4.06. The van der Waals surface area contributed by atoms with E-state index in [0.717, 1.165) is 16.6 Å². The van der Waals surface area contributed by atoms with Gasteiger partial charge in [-0.2, -0.15) is 5.10 Å². The molecule has 0 aliphatic carbocycles. The number of hydrogen-bond donors (Lipinski definition) is 1. The first kappa shape index (κ1) is 16.0. The highest BCUT2D eigenvalue weighted by Crippen LogP contribution is 2.36. The van der Waals surface area contributed by atoms with Crippen LogP contribution in [0, 0.1) is 18.8 Å². The number of rotatable bonds is 4. The van der Waals surface area contributed by atoms with Gasteiger partial charge < -0.3 is 10.1 Å². The molecule has 5 heteroatoms. The maximum absolute atomic E-state index is 6.00. The molecule has 1 fully saturated rings. The molecular weight excluding hydrogens is 318 g/mol. The van der Waals surface area contributed by atoms with E-state index in [1.165, 1.54) is 5.69 Å². The van der Waals surface area contributed by atoms with Crippen molar-refractivity contribution >= 4 is 15.9 Å². The van der Waals surface area contributed by atoms with E-state index in [9.17, 15) is 0 Å². The number of aryl methyl sites for hydroxylation is 2. The first-order chi connectivity index (χ1) is 9.36. The number of aromatic nitrogens is 2. The van der Waals surface area contributed by atoms with Crippen LogP contribution < -0.4 is 5.32 Å². The third kappa shape index (κ3) is 2.81. The maximum atomic E-state index is 6.00. The summed E-state index contributed by atoms with van der Waals surface area (Å²) in [4.78, 5) is 0. The first-order valence-electron chi connectivity index (χ1n) is 7.37. The van der Waals surface area contributed by atoms with E-state index < -0.39 is 0 Å². The van der Waals surface area contributed by atoms with Gasteiger partial charge in [0.15, 0.2) is 0 Å². The van der Waals surface area contributed by atoms with Crippen LogP contribution in [0.4, 0.5) is 0 Å². The molecular formula is C15H26BrN3O. The number of nitrogens with zero attached hydrogens (tertiary/aromatic N) is 2. The molecule has 1 saturated heterocycles. The normalized spacial score (nSPS) is 31.8. The standard InChI is InChI=1S/C15H26BrN3O/c1-8-10(3)20-11(4)14(8)12(17-5)7-13-15(16)9(2)18-19(13)6/h8,10-12,14,17H,7H2,1-6H3. The highest BCUT2D eigenvalue weighted by Gasteiger charge is 2.41. The van der Waals surface area contributed by atoms with Crippen LogP contribution in [0.15, 0.2) is 4.47 Å². The van der Waals surface area contributed by atoms with Gasteiger partial charge >= 0.3 is 0 Å². The number of halogens is 1. The van der Waals surface area contributed by atoms with Gasteiger partial charge in [0.25, 0.3) is 0 Å². The van der Waals surface area contributed by atoms with Gasteiger partial charge in [-0.15, -0.1) is 0 Å². The molecule has 0 saturated carbocycles. The molecule has 1 aliphatic rings. The SMILES string of the molecule is CNC(Cc1c(Br)c(C)nn1C)C1C(C)OC(C)C1C. The number of ether oxygens (including phenoxy) is 1. The molecule has 2 heterocycles. The van der Waals surface area contributed by atoms with Crippen LogP contribution in [-0.2, 0) is 18.2 Å². The van der Waals surface area contributed by atoms with Crippen molar-refractivity contribution in [3.63, 3.8) is 0 Å². The van der Waals surface area contributed by atoms with E-state index in [-0.39, 0.29) is 0 Å². The third-order valence-corrected chi connectivity index (χ3v) is 5.86. The molecule has 20 heavy (non-hydrogen) atoms.